The Balaban J connectivity index is 2.28. The van der Waals surface area contributed by atoms with Gasteiger partial charge in [0.05, 0.1) is 11.0 Å². The second-order valence-corrected chi connectivity index (χ2v) is 3.73. The largest absolute Gasteiger partial charge is 0.396 e. The molecular weight excluding hydrogens is 188 g/mol. The molecule has 0 fully saturated rings. The number of hydrogen-bond acceptors (Lipinski definition) is 2. The molecule has 80 valence electrons. The summed E-state index contributed by atoms with van der Waals surface area (Å²) in [6.45, 7) is 3.23. The second-order valence-electron chi connectivity index (χ2n) is 3.73. The molecule has 1 aromatic heterocycles. The fraction of sp³-hybridized carbons (Fsp3) is 0.417. The van der Waals surface area contributed by atoms with E-state index in [0.29, 0.717) is 0 Å². The summed E-state index contributed by atoms with van der Waals surface area (Å²) < 4.78 is 2.21. The Morgan fingerprint density at radius 1 is 1.27 bits per heavy atom. The van der Waals surface area contributed by atoms with Gasteiger partial charge < -0.3 is 9.67 Å². The van der Waals surface area contributed by atoms with Crippen LogP contribution in [0.1, 0.15) is 18.7 Å². The van der Waals surface area contributed by atoms with Gasteiger partial charge in [-0.1, -0.05) is 12.1 Å². The molecule has 1 N–H and O–H groups in total. The van der Waals surface area contributed by atoms with Crippen LogP contribution in [0, 0.1) is 6.92 Å². The number of aliphatic hydroxyl groups is 1. The first-order valence-electron chi connectivity index (χ1n) is 5.35. The van der Waals surface area contributed by atoms with Crippen LogP contribution in [0.2, 0.25) is 0 Å². The standard InChI is InChI=1S/C12H16N2O/c1-10-13-11-6-2-3-7-12(11)14(10)8-4-5-9-15/h2-3,6-7,15H,4-5,8-9H2,1H3. The highest BCUT2D eigenvalue weighted by Gasteiger charge is 2.05. The summed E-state index contributed by atoms with van der Waals surface area (Å²) in [6, 6.07) is 8.16. The lowest BCUT2D eigenvalue weighted by molar-refractivity contribution is 0.281. The Bertz CT molecular complexity index is 448. The maximum Gasteiger partial charge on any atom is 0.106 e. The van der Waals surface area contributed by atoms with Crippen LogP contribution in [-0.4, -0.2) is 21.3 Å². The van der Waals surface area contributed by atoms with Crippen LogP contribution in [0.4, 0.5) is 0 Å². The number of aromatic nitrogens is 2. The zero-order valence-electron chi connectivity index (χ0n) is 8.98. The summed E-state index contributed by atoms with van der Waals surface area (Å²) in [6.07, 6.45) is 1.85. The van der Waals surface area contributed by atoms with E-state index >= 15 is 0 Å². The van der Waals surface area contributed by atoms with Crippen LogP contribution in [0.5, 0.6) is 0 Å². The van der Waals surface area contributed by atoms with Gasteiger partial charge in [-0.2, -0.15) is 0 Å². The number of aryl methyl sites for hydroxylation is 2. The van der Waals surface area contributed by atoms with Gasteiger partial charge in [0.2, 0.25) is 0 Å². The summed E-state index contributed by atoms with van der Waals surface area (Å²) in [7, 11) is 0. The molecule has 0 spiro atoms. The summed E-state index contributed by atoms with van der Waals surface area (Å²) in [4.78, 5) is 4.49. The van der Waals surface area contributed by atoms with Crippen LogP contribution in [-0.2, 0) is 6.54 Å². The van der Waals surface area contributed by atoms with Gasteiger partial charge in [-0.05, 0) is 31.9 Å². The molecule has 0 amide bonds. The van der Waals surface area contributed by atoms with Crippen LogP contribution in [0.15, 0.2) is 24.3 Å². The number of hydrogen-bond donors (Lipinski definition) is 1. The van der Waals surface area contributed by atoms with Gasteiger partial charge in [-0.3, -0.25) is 0 Å². The Morgan fingerprint density at radius 2 is 2.07 bits per heavy atom. The van der Waals surface area contributed by atoms with E-state index in [1.165, 1.54) is 5.52 Å². The zero-order chi connectivity index (χ0) is 10.7. The normalized spacial score (nSPS) is 11.1. The summed E-state index contributed by atoms with van der Waals surface area (Å²) in [5.74, 6) is 1.05. The van der Waals surface area contributed by atoms with Crippen molar-refractivity contribution in [2.24, 2.45) is 0 Å². The average Bonchev–Trinajstić information content (AvgIpc) is 2.56. The van der Waals surface area contributed by atoms with E-state index in [4.69, 9.17) is 5.11 Å². The number of nitrogens with zero attached hydrogens (tertiary/aromatic N) is 2. The number of unbranched alkanes of at least 4 members (excludes halogenated alkanes) is 1. The van der Waals surface area contributed by atoms with Crippen LogP contribution in [0.3, 0.4) is 0 Å². The van der Waals surface area contributed by atoms with Crippen molar-refractivity contribution in [3.05, 3.63) is 30.1 Å². The summed E-state index contributed by atoms with van der Waals surface area (Å²) >= 11 is 0. The van der Waals surface area contributed by atoms with Crippen LogP contribution >= 0.6 is 0 Å². The van der Waals surface area contributed by atoms with Crippen molar-refractivity contribution < 1.29 is 5.11 Å². The molecule has 3 heteroatoms. The molecule has 0 unspecified atom stereocenters. The molecule has 0 saturated carbocycles. The third-order valence-corrected chi connectivity index (χ3v) is 2.64. The molecule has 0 aliphatic rings. The molecule has 0 atom stereocenters. The van der Waals surface area contributed by atoms with Crippen molar-refractivity contribution >= 4 is 11.0 Å². The maximum atomic E-state index is 8.75. The van der Waals surface area contributed by atoms with Crippen LogP contribution < -0.4 is 0 Å². The molecule has 0 bridgehead atoms. The van der Waals surface area contributed by atoms with Gasteiger partial charge in [0, 0.05) is 13.2 Å². The van der Waals surface area contributed by atoms with Crippen molar-refractivity contribution in [3.8, 4) is 0 Å². The highest BCUT2D eigenvalue weighted by atomic mass is 16.2. The van der Waals surface area contributed by atoms with E-state index < -0.39 is 0 Å². The number of imidazole rings is 1. The Hall–Kier alpha value is -1.35. The number of para-hydroxylation sites is 2. The number of fused-ring (bicyclic) bond motifs is 1. The van der Waals surface area contributed by atoms with Gasteiger partial charge in [-0.15, -0.1) is 0 Å². The van der Waals surface area contributed by atoms with E-state index in [1.807, 2.05) is 25.1 Å². The van der Waals surface area contributed by atoms with E-state index in [-0.39, 0.29) is 6.61 Å². The van der Waals surface area contributed by atoms with Gasteiger partial charge in [-0.25, -0.2) is 4.98 Å². The third-order valence-electron chi connectivity index (χ3n) is 2.64. The summed E-state index contributed by atoms with van der Waals surface area (Å²) in [5, 5.41) is 8.75. The third kappa shape index (κ3) is 2.02. The average molecular weight is 204 g/mol. The van der Waals surface area contributed by atoms with E-state index in [9.17, 15) is 0 Å². The van der Waals surface area contributed by atoms with Gasteiger partial charge in [0.15, 0.2) is 0 Å². The van der Waals surface area contributed by atoms with E-state index in [2.05, 4.69) is 15.6 Å². The maximum absolute atomic E-state index is 8.75. The topological polar surface area (TPSA) is 38.0 Å². The number of benzene rings is 1. The van der Waals surface area contributed by atoms with E-state index in [1.54, 1.807) is 0 Å². The highest BCUT2D eigenvalue weighted by Crippen LogP contribution is 2.15. The molecule has 0 aliphatic carbocycles. The second kappa shape index (κ2) is 4.45. The molecular formula is C12H16N2O. The number of aliphatic hydroxyl groups excluding tert-OH is 1. The lowest BCUT2D eigenvalue weighted by Crippen LogP contribution is -2.01. The Morgan fingerprint density at radius 3 is 2.87 bits per heavy atom. The molecule has 0 saturated heterocycles. The lowest BCUT2D eigenvalue weighted by atomic mass is 10.3. The van der Waals surface area contributed by atoms with Gasteiger partial charge >= 0.3 is 0 Å². The molecule has 2 aromatic rings. The predicted octanol–water partition coefficient (Wildman–Crippen LogP) is 2.12. The van der Waals surface area contributed by atoms with Crippen molar-refractivity contribution in [1.82, 2.24) is 9.55 Å². The Labute approximate surface area is 89.4 Å². The molecule has 1 heterocycles. The molecule has 2 rings (SSSR count). The van der Waals surface area contributed by atoms with E-state index in [0.717, 1.165) is 30.7 Å². The van der Waals surface area contributed by atoms with Crippen molar-refractivity contribution in [1.29, 1.82) is 0 Å². The zero-order valence-corrected chi connectivity index (χ0v) is 8.98. The Kier molecular flexibility index (Phi) is 3.02. The molecule has 1 aromatic carbocycles. The van der Waals surface area contributed by atoms with Crippen molar-refractivity contribution in [3.63, 3.8) is 0 Å². The SMILES string of the molecule is Cc1nc2ccccc2n1CCCCO. The van der Waals surface area contributed by atoms with Crippen LogP contribution in [0.25, 0.3) is 11.0 Å². The van der Waals surface area contributed by atoms with Gasteiger partial charge in [0.25, 0.3) is 0 Å². The minimum atomic E-state index is 0.270. The lowest BCUT2D eigenvalue weighted by Gasteiger charge is -2.05. The van der Waals surface area contributed by atoms with Gasteiger partial charge in [0.1, 0.15) is 5.82 Å². The first kappa shape index (κ1) is 10.2. The van der Waals surface area contributed by atoms with Crippen molar-refractivity contribution in [2.45, 2.75) is 26.3 Å². The van der Waals surface area contributed by atoms with Crippen molar-refractivity contribution in [2.75, 3.05) is 6.61 Å². The number of rotatable bonds is 4. The minimum absolute atomic E-state index is 0.270. The molecule has 3 nitrogen and oxygen atoms in total. The predicted molar refractivity (Wildman–Crippen MR) is 60.8 cm³/mol. The first-order valence-corrected chi connectivity index (χ1v) is 5.35. The fourth-order valence-corrected chi connectivity index (χ4v) is 1.86. The molecule has 0 aliphatic heterocycles. The quantitative estimate of drug-likeness (QED) is 0.775. The minimum Gasteiger partial charge on any atom is -0.396 e. The fourth-order valence-electron chi connectivity index (χ4n) is 1.86. The molecule has 15 heavy (non-hydrogen) atoms. The first-order chi connectivity index (χ1) is 7.33. The highest BCUT2D eigenvalue weighted by molar-refractivity contribution is 5.75. The smallest absolute Gasteiger partial charge is 0.106 e. The summed E-state index contributed by atoms with van der Waals surface area (Å²) in [5.41, 5.74) is 2.24. The molecule has 0 radical (unpaired) electrons. The monoisotopic (exact) mass is 204 g/mol.